The van der Waals surface area contributed by atoms with Gasteiger partial charge < -0.3 is 4.52 Å². The van der Waals surface area contributed by atoms with Gasteiger partial charge in [0.15, 0.2) is 0 Å². The fourth-order valence-corrected chi connectivity index (χ4v) is 2.63. The van der Waals surface area contributed by atoms with E-state index in [1.807, 2.05) is 19.9 Å². The first-order chi connectivity index (χ1) is 13.4. The van der Waals surface area contributed by atoms with Gasteiger partial charge >= 0.3 is 0 Å². The van der Waals surface area contributed by atoms with Crippen molar-refractivity contribution in [2.75, 3.05) is 0 Å². The number of hydrazine groups is 1. The van der Waals surface area contributed by atoms with Gasteiger partial charge in [-0.3, -0.25) is 25.1 Å². The molecule has 0 aliphatic heterocycles. The van der Waals surface area contributed by atoms with Crippen LogP contribution in [-0.4, -0.2) is 31.7 Å². The number of hydrogen-bond donors (Lipinski definition) is 2. The third kappa shape index (κ3) is 5.17. The van der Waals surface area contributed by atoms with Crippen LogP contribution in [0.15, 0.2) is 34.9 Å². The van der Waals surface area contributed by atoms with Crippen molar-refractivity contribution in [3.63, 3.8) is 0 Å². The molecular weight excluding hydrogens is 384 g/mol. The van der Waals surface area contributed by atoms with Crippen LogP contribution < -0.4 is 10.9 Å². The third-order valence-corrected chi connectivity index (χ3v) is 4.13. The van der Waals surface area contributed by atoms with Gasteiger partial charge in [0.1, 0.15) is 6.54 Å². The summed E-state index contributed by atoms with van der Waals surface area (Å²) >= 11 is 5.85. The van der Waals surface area contributed by atoms with Crippen LogP contribution in [-0.2, 0) is 22.6 Å². The van der Waals surface area contributed by atoms with Crippen LogP contribution in [0.25, 0.3) is 11.4 Å². The van der Waals surface area contributed by atoms with Gasteiger partial charge in [-0.25, -0.2) is 0 Å². The normalized spacial score (nSPS) is 10.7. The number of carbonyl (C=O) groups is 2. The van der Waals surface area contributed by atoms with E-state index in [9.17, 15) is 9.59 Å². The lowest BCUT2D eigenvalue weighted by atomic mass is 10.2. The molecule has 0 aliphatic rings. The maximum Gasteiger partial charge on any atom is 0.260 e. The maximum absolute atomic E-state index is 11.9. The molecule has 2 aromatic heterocycles. The topological polar surface area (TPSA) is 115 Å². The van der Waals surface area contributed by atoms with Crippen molar-refractivity contribution in [2.24, 2.45) is 0 Å². The highest BCUT2D eigenvalue weighted by atomic mass is 35.5. The van der Waals surface area contributed by atoms with Crippen LogP contribution in [0.2, 0.25) is 5.02 Å². The molecule has 28 heavy (non-hydrogen) atoms. The predicted molar refractivity (Wildman–Crippen MR) is 101 cm³/mol. The van der Waals surface area contributed by atoms with E-state index in [0.717, 1.165) is 17.0 Å². The van der Waals surface area contributed by atoms with Crippen LogP contribution in [0, 0.1) is 13.8 Å². The van der Waals surface area contributed by atoms with Crippen molar-refractivity contribution in [3.05, 3.63) is 52.6 Å². The van der Waals surface area contributed by atoms with Crippen molar-refractivity contribution in [2.45, 2.75) is 33.2 Å². The van der Waals surface area contributed by atoms with Crippen molar-refractivity contribution < 1.29 is 14.1 Å². The molecule has 2 N–H and O–H groups in total. The number of benzene rings is 1. The number of rotatable bonds is 6. The number of halogens is 1. The lowest BCUT2D eigenvalue weighted by Crippen LogP contribution is -2.43. The number of nitrogens with one attached hydrogen (secondary N) is 2. The maximum atomic E-state index is 11.9. The highest BCUT2D eigenvalue weighted by molar-refractivity contribution is 6.30. The van der Waals surface area contributed by atoms with E-state index < -0.39 is 0 Å². The summed E-state index contributed by atoms with van der Waals surface area (Å²) < 4.78 is 6.71. The summed E-state index contributed by atoms with van der Waals surface area (Å²) in [6.45, 7) is 3.72. The average Bonchev–Trinajstić information content (AvgIpc) is 3.25. The number of nitrogens with zero attached hydrogens (tertiary/aromatic N) is 4. The van der Waals surface area contributed by atoms with E-state index in [4.69, 9.17) is 16.1 Å². The summed E-state index contributed by atoms with van der Waals surface area (Å²) in [6.07, 6.45) is 0.336. The Hall–Kier alpha value is -3.20. The monoisotopic (exact) mass is 402 g/mol. The number of hydrogen-bond acceptors (Lipinski definition) is 6. The number of aromatic nitrogens is 4. The van der Waals surface area contributed by atoms with E-state index >= 15 is 0 Å². The largest absolute Gasteiger partial charge is 0.339 e. The quantitative estimate of drug-likeness (QED) is 0.609. The molecule has 3 aromatic rings. The molecular formula is C18H19ClN6O3. The Labute approximate surface area is 166 Å². The molecule has 2 heterocycles. The molecule has 3 rings (SSSR count). The second-order valence-corrected chi connectivity index (χ2v) is 6.64. The minimum absolute atomic E-state index is 0.0219. The Kier molecular flexibility index (Phi) is 6.05. The van der Waals surface area contributed by atoms with Crippen LogP contribution >= 0.6 is 11.6 Å². The van der Waals surface area contributed by atoms with Crippen LogP contribution in [0.4, 0.5) is 0 Å². The van der Waals surface area contributed by atoms with Gasteiger partial charge in [0.25, 0.3) is 5.91 Å². The first kappa shape index (κ1) is 19.6. The molecule has 0 bridgehead atoms. The van der Waals surface area contributed by atoms with Gasteiger partial charge in [0, 0.05) is 29.1 Å². The molecule has 0 atom stereocenters. The summed E-state index contributed by atoms with van der Waals surface area (Å²) in [5, 5.41) is 8.69. The molecule has 0 radical (unpaired) electrons. The fraction of sp³-hybridized carbons (Fsp3) is 0.278. The number of amides is 2. The number of aryl methyl sites for hydroxylation is 3. The standard InChI is InChI=1S/C18H19ClN6O3/c1-11-9-12(2)25(23-11)10-16(27)22-21-15(26)7-8-17-20-18(24-28-17)13-3-5-14(19)6-4-13/h3-6,9H,7-8,10H2,1-2H3,(H,21,26)(H,22,27). The van der Waals surface area contributed by atoms with E-state index in [0.29, 0.717) is 16.7 Å². The van der Waals surface area contributed by atoms with Gasteiger partial charge in [-0.15, -0.1) is 0 Å². The SMILES string of the molecule is Cc1cc(C)n(CC(=O)NNC(=O)CCc2nc(-c3ccc(Cl)cc3)no2)n1. The Morgan fingerprint density at radius 2 is 1.86 bits per heavy atom. The molecule has 0 aliphatic carbocycles. The van der Waals surface area contributed by atoms with E-state index in [2.05, 4.69) is 26.1 Å². The van der Waals surface area contributed by atoms with Crippen molar-refractivity contribution in [1.82, 2.24) is 30.8 Å². The van der Waals surface area contributed by atoms with Gasteiger partial charge in [0.2, 0.25) is 17.6 Å². The molecule has 0 fully saturated rings. The fourth-order valence-electron chi connectivity index (χ4n) is 2.51. The Bertz CT molecular complexity index is 980. The summed E-state index contributed by atoms with van der Waals surface area (Å²) in [7, 11) is 0. The molecule has 0 saturated carbocycles. The van der Waals surface area contributed by atoms with Crippen molar-refractivity contribution in [3.8, 4) is 11.4 Å². The zero-order valence-electron chi connectivity index (χ0n) is 15.4. The smallest absolute Gasteiger partial charge is 0.260 e. The second kappa shape index (κ2) is 8.66. The Morgan fingerprint density at radius 3 is 2.54 bits per heavy atom. The van der Waals surface area contributed by atoms with E-state index in [1.54, 1.807) is 28.9 Å². The Balaban J connectivity index is 1.43. The third-order valence-electron chi connectivity index (χ3n) is 3.87. The highest BCUT2D eigenvalue weighted by Crippen LogP contribution is 2.18. The summed E-state index contributed by atoms with van der Waals surface area (Å²) in [5.74, 6) is 0.00894. The second-order valence-electron chi connectivity index (χ2n) is 6.20. The predicted octanol–water partition coefficient (Wildman–Crippen LogP) is 1.98. The lowest BCUT2D eigenvalue weighted by molar-refractivity contribution is -0.129. The van der Waals surface area contributed by atoms with Crippen molar-refractivity contribution in [1.29, 1.82) is 0 Å². The van der Waals surface area contributed by atoms with Gasteiger partial charge in [-0.2, -0.15) is 10.1 Å². The molecule has 1 aromatic carbocycles. The van der Waals surface area contributed by atoms with Gasteiger partial charge in [0.05, 0.1) is 5.69 Å². The summed E-state index contributed by atoms with van der Waals surface area (Å²) in [6, 6.07) is 8.89. The molecule has 0 unspecified atom stereocenters. The first-order valence-electron chi connectivity index (χ1n) is 8.58. The highest BCUT2D eigenvalue weighted by Gasteiger charge is 2.12. The molecule has 9 nitrogen and oxygen atoms in total. The molecule has 2 amide bonds. The first-order valence-corrected chi connectivity index (χ1v) is 8.96. The van der Waals surface area contributed by atoms with Crippen LogP contribution in [0.1, 0.15) is 23.7 Å². The molecule has 146 valence electrons. The van der Waals surface area contributed by atoms with Gasteiger partial charge in [-0.1, -0.05) is 16.8 Å². The lowest BCUT2D eigenvalue weighted by Gasteiger charge is -2.07. The van der Waals surface area contributed by atoms with Gasteiger partial charge in [-0.05, 0) is 44.2 Å². The number of carbonyl (C=O) groups excluding carboxylic acids is 2. The minimum atomic E-state index is -0.373. The van der Waals surface area contributed by atoms with E-state index in [1.165, 1.54) is 0 Å². The molecule has 0 saturated heterocycles. The minimum Gasteiger partial charge on any atom is -0.339 e. The van der Waals surface area contributed by atoms with Crippen LogP contribution in [0.3, 0.4) is 0 Å². The van der Waals surface area contributed by atoms with Crippen molar-refractivity contribution >= 4 is 23.4 Å². The summed E-state index contributed by atoms with van der Waals surface area (Å²) in [4.78, 5) is 28.1. The average molecular weight is 403 g/mol. The summed E-state index contributed by atoms with van der Waals surface area (Å²) in [5.41, 5.74) is 7.18. The van der Waals surface area contributed by atoms with E-state index in [-0.39, 0.29) is 31.2 Å². The zero-order chi connectivity index (χ0) is 20.1. The molecule has 0 spiro atoms. The Morgan fingerprint density at radius 1 is 1.14 bits per heavy atom. The zero-order valence-corrected chi connectivity index (χ0v) is 16.2. The molecule has 10 heteroatoms. The van der Waals surface area contributed by atoms with Crippen LogP contribution in [0.5, 0.6) is 0 Å².